The van der Waals surface area contributed by atoms with Gasteiger partial charge in [0.05, 0.1) is 12.1 Å². The molecule has 0 fully saturated rings. The highest BCUT2D eigenvalue weighted by atomic mass is 32.2. The first-order valence-corrected chi connectivity index (χ1v) is 8.32. The smallest absolute Gasteiger partial charge is 0.228 e. The summed E-state index contributed by atoms with van der Waals surface area (Å²) >= 11 is 1.32. The van der Waals surface area contributed by atoms with Crippen molar-refractivity contribution in [1.82, 2.24) is 9.55 Å². The van der Waals surface area contributed by atoms with Crippen molar-refractivity contribution in [3.8, 4) is 0 Å². The molecular formula is C18H15F2N3OS. The van der Waals surface area contributed by atoms with Crippen LogP contribution >= 0.6 is 11.8 Å². The molecule has 1 N–H and O–H groups in total. The minimum absolute atomic E-state index is 0.000779. The maximum absolute atomic E-state index is 13.6. The van der Waals surface area contributed by atoms with Crippen molar-refractivity contribution in [1.29, 1.82) is 0 Å². The standard InChI is InChI=1S/C18H15F2N3OS/c1-23-8-7-21-18(23)25-16-6-5-14(20)11-15(16)22-17(24)10-12-3-2-4-13(19)9-12/h2-9,11H,10H2,1H3,(H,22,24). The first kappa shape index (κ1) is 17.2. The van der Waals surface area contributed by atoms with Crippen LogP contribution in [0.2, 0.25) is 0 Å². The molecule has 3 rings (SSSR count). The number of rotatable bonds is 5. The first-order chi connectivity index (χ1) is 12.0. The lowest BCUT2D eigenvalue weighted by molar-refractivity contribution is -0.115. The molecule has 0 radical (unpaired) electrons. The summed E-state index contributed by atoms with van der Waals surface area (Å²) in [6.07, 6.45) is 3.46. The Hall–Kier alpha value is -2.67. The number of nitrogens with one attached hydrogen (secondary N) is 1. The van der Waals surface area contributed by atoms with Gasteiger partial charge in [-0.1, -0.05) is 12.1 Å². The highest BCUT2D eigenvalue weighted by Crippen LogP contribution is 2.33. The Balaban J connectivity index is 1.78. The van der Waals surface area contributed by atoms with Gasteiger partial charge in [0.1, 0.15) is 11.6 Å². The summed E-state index contributed by atoms with van der Waals surface area (Å²) in [6, 6.07) is 10.00. The number of hydrogen-bond acceptors (Lipinski definition) is 3. The number of carbonyl (C=O) groups is 1. The number of carbonyl (C=O) groups excluding carboxylic acids is 1. The third-order valence-corrected chi connectivity index (χ3v) is 4.60. The predicted molar refractivity (Wildman–Crippen MR) is 92.5 cm³/mol. The molecule has 1 amide bonds. The number of aromatic nitrogens is 2. The van der Waals surface area contributed by atoms with E-state index in [-0.39, 0.29) is 12.3 Å². The van der Waals surface area contributed by atoms with Crippen LogP contribution < -0.4 is 5.32 Å². The van der Waals surface area contributed by atoms with E-state index < -0.39 is 11.6 Å². The van der Waals surface area contributed by atoms with Crippen LogP contribution in [0.15, 0.2) is 64.9 Å². The van der Waals surface area contributed by atoms with Gasteiger partial charge in [-0.3, -0.25) is 4.79 Å². The Kier molecular flexibility index (Phi) is 5.14. The van der Waals surface area contributed by atoms with Gasteiger partial charge in [-0.25, -0.2) is 13.8 Å². The van der Waals surface area contributed by atoms with Crippen LogP contribution in [0.25, 0.3) is 0 Å². The van der Waals surface area contributed by atoms with Gasteiger partial charge in [0.25, 0.3) is 0 Å². The van der Waals surface area contributed by atoms with Crippen LogP contribution in [-0.4, -0.2) is 15.5 Å². The lowest BCUT2D eigenvalue weighted by Gasteiger charge is -2.11. The van der Waals surface area contributed by atoms with Crippen LogP contribution in [0.4, 0.5) is 14.5 Å². The average molecular weight is 359 g/mol. The quantitative estimate of drug-likeness (QED) is 0.748. The fraction of sp³-hybridized carbons (Fsp3) is 0.111. The minimum Gasteiger partial charge on any atom is -0.329 e. The molecule has 0 saturated heterocycles. The second-order valence-electron chi connectivity index (χ2n) is 5.42. The van der Waals surface area contributed by atoms with Crippen LogP contribution in [0.5, 0.6) is 0 Å². The third kappa shape index (κ3) is 4.45. The fourth-order valence-electron chi connectivity index (χ4n) is 2.26. The maximum atomic E-state index is 13.6. The Labute approximate surface area is 147 Å². The zero-order valence-corrected chi connectivity index (χ0v) is 14.2. The van der Waals surface area contributed by atoms with E-state index in [1.54, 1.807) is 30.6 Å². The van der Waals surface area contributed by atoms with E-state index in [1.807, 2.05) is 11.6 Å². The molecule has 0 spiro atoms. The van der Waals surface area contributed by atoms with Gasteiger partial charge in [0.2, 0.25) is 5.91 Å². The summed E-state index contributed by atoms with van der Waals surface area (Å²) in [5.74, 6) is -1.20. The molecule has 0 bridgehead atoms. The Bertz CT molecular complexity index is 911. The van der Waals surface area contributed by atoms with Gasteiger partial charge in [0.15, 0.2) is 5.16 Å². The molecule has 3 aromatic rings. The summed E-state index contributed by atoms with van der Waals surface area (Å²) in [4.78, 5) is 17.1. The number of hydrogen-bond donors (Lipinski definition) is 1. The number of nitrogens with zero attached hydrogens (tertiary/aromatic N) is 2. The summed E-state index contributed by atoms with van der Waals surface area (Å²) in [5.41, 5.74) is 0.904. The molecule has 0 aliphatic heterocycles. The number of imidazole rings is 1. The lowest BCUT2D eigenvalue weighted by atomic mass is 10.1. The van der Waals surface area contributed by atoms with E-state index in [2.05, 4.69) is 10.3 Å². The van der Waals surface area contributed by atoms with Gasteiger partial charge >= 0.3 is 0 Å². The van der Waals surface area contributed by atoms with Crippen molar-refractivity contribution in [3.63, 3.8) is 0 Å². The average Bonchev–Trinajstić information content (AvgIpc) is 2.95. The van der Waals surface area contributed by atoms with Crippen molar-refractivity contribution in [2.75, 3.05) is 5.32 Å². The van der Waals surface area contributed by atoms with Gasteiger partial charge in [0, 0.05) is 24.3 Å². The van der Waals surface area contributed by atoms with Crippen LogP contribution in [0.3, 0.4) is 0 Å². The summed E-state index contributed by atoms with van der Waals surface area (Å²) in [6.45, 7) is 0. The SMILES string of the molecule is Cn1ccnc1Sc1ccc(F)cc1NC(=O)Cc1cccc(F)c1. The number of amides is 1. The second kappa shape index (κ2) is 7.48. The van der Waals surface area contributed by atoms with E-state index in [0.29, 0.717) is 21.3 Å². The largest absolute Gasteiger partial charge is 0.329 e. The van der Waals surface area contributed by atoms with Gasteiger partial charge in [-0.2, -0.15) is 0 Å². The van der Waals surface area contributed by atoms with E-state index in [1.165, 1.54) is 36.0 Å². The van der Waals surface area contributed by atoms with Crippen molar-refractivity contribution in [3.05, 3.63) is 72.1 Å². The number of anilines is 1. The molecule has 1 aromatic heterocycles. The van der Waals surface area contributed by atoms with Crippen molar-refractivity contribution < 1.29 is 13.6 Å². The molecule has 0 aliphatic carbocycles. The fourth-order valence-corrected chi connectivity index (χ4v) is 3.14. The van der Waals surface area contributed by atoms with Crippen molar-refractivity contribution in [2.45, 2.75) is 16.5 Å². The van der Waals surface area contributed by atoms with Crippen molar-refractivity contribution in [2.24, 2.45) is 7.05 Å². The maximum Gasteiger partial charge on any atom is 0.228 e. The molecule has 0 unspecified atom stereocenters. The highest BCUT2D eigenvalue weighted by molar-refractivity contribution is 7.99. The normalized spacial score (nSPS) is 10.7. The molecule has 1 heterocycles. The van der Waals surface area contributed by atoms with E-state index in [4.69, 9.17) is 0 Å². The molecule has 128 valence electrons. The number of aryl methyl sites for hydroxylation is 1. The second-order valence-corrected chi connectivity index (χ2v) is 6.43. The highest BCUT2D eigenvalue weighted by Gasteiger charge is 2.12. The predicted octanol–water partition coefficient (Wildman–Crippen LogP) is 4.03. The number of halogens is 2. The monoisotopic (exact) mass is 359 g/mol. The van der Waals surface area contributed by atoms with E-state index in [0.717, 1.165) is 0 Å². The van der Waals surface area contributed by atoms with Gasteiger partial charge < -0.3 is 9.88 Å². The molecule has 2 aromatic carbocycles. The molecular weight excluding hydrogens is 344 g/mol. The van der Waals surface area contributed by atoms with Crippen LogP contribution in [0.1, 0.15) is 5.56 Å². The van der Waals surface area contributed by atoms with Crippen molar-refractivity contribution >= 4 is 23.4 Å². The summed E-state index contributed by atoms with van der Waals surface area (Å²) in [5, 5.41) is 3.41. The first-order valence-electron chi connectivity index (χ1n) is 7.50. The Morgan fingerprint density at radius 2 is 2.00 bits per heavy atom. The molecule has 25 heavy (non-hydrogen) atoms. The number of benzene rings is 2. The molecule has 0 atom stereocenters. The van der Waals surface area contributed by atoms with Crippen LogP contribution in [0, 0.1) is 11.6 Å². The summed E-state index contributed by atoms with van der Waals surface area (Å²) in [7, 11) is 1.85. The van der Waals surface area contributed by atoms with Gasteiger partial charge in [-0.15, -0.1) is 0 Å². The van der Waals surface area contributed by atoms with E-state index in [9.17, 15) is 13.6 Å². The van der Waals surface area contributed by atoms with E-state index >= 15 is 0 Å². The molecule has 7 heteroatoms. The molecule has 0 aliphatic rings. The zero-order chi connectivity index (χ0) is 17.8. The zero-order valence-electron chi connectivity index (χ0n) is 13.4. The Morgan fingerprint density at radius 1 is 1.20 bits per heavy atom. The lowest BCUT2D eigenvalue weighted by Crippen LogP contribution is -2.15. The molecule has 4 nitrogen and oxygen atoms in total. The van der Waals surface area contributed by atoms with Gasteiger partial charge in [-0.05, 0) is 47.7 Å². The topological polar surface area (TPSA) is 46.9 Å². The van der Waals surface area contributed by atoms with Crippen LogP contribution in [-0.2, 0) is 18.3 Å². The third-order valence-electron chi connectivity index (χ3n) is 3.45. The summed E-state index contributed by atoms with van der Waals surface area (Å²) < 4.78 is 28.6. The Morgan fingerprint density at radius 3 is 2.72 bits per heavy atom. The minimum atomic E-state index is -0.453. The molecule has 0 saturated carbocycles.